The van der Waals surface area contributed by atoms with Gasteiger partial charge in [0, 0.05) is 6.04 Å². The predicted octanol–water partition coefficient (Wildman–Crippen LogP) is -0.445. The molecular weight excluding hydrogens is 104 g/mol. The van der Waals surface area contributed by atoms with Gasteiger partial charge in [0.2, 0.25) is 0 Å². The Labute approximate surface area is 47.3 Å². The quantitative estimate of drug-likeness (QED) is 0.488. The van der Waals surface area contributed by atoms with Gasteiger partial charge in [-0.1, -0.05) is 0 Å². The fourth-order valence-corrected chi connectivity index (χ4v) is 0.573. The van der Waals surface area contributed by atoms with Gasteiger partial charge in [0.1, 0.15) is 0 Å². The van der Waals surface area contributed by atoms with E-state index in [0.29, 0.717) is 0 Å². The van der Waals surface area contributed by atoms with Gasteiger partial charge < -0.3 is 5.32 Å². The van der Waals surface area contributed by atoms with Gasteiger partial charge in [-0.25, -0.2) is 0 Å². The van der Waals surface area contributed by atoms with Crippen LogP contribution in [0.3, 0.4) is 0 Å². The van der Waals surface area contributed by atoms with Crippen molar-refractivity contribution in [3.05, 3.63) is 0 Å². The zero-order valence-electron chi connectivity index (χ0n) is 4.22. The topological polar surface area (TPSA) is 52.9 Å². The average Bonchev–Trinajstić information content (AvgIpc) is 2.48. The lowest BCUT2D eigenvalue weighted by Gasteiger charge is -1.83. The Balaban J connectivity index is 2.19. The number of nitriles is 1. The third kappa shape index (κ3) is 0.784. The van der Waals surface area contributed by atoms with E-state index < -0.39 is 0 Å². The van der Waals surface area contributed by atoms with Crippen LogP contribution in [0.1, 0.15) is 6.42 Å². The number of nitrogens with zero attached hydrogens (tertiary/aromatic N) is 1. The van der Waals surface area contributed by atoms with E-state index in [2.05, 4.69) is 5.32 Å². The summed E-state index contributed by atoms with van der Waals surface area (Å²) < 4.78 is 0. The fraction of sp³-hybridized carbons (Fsp3) is 0.600. The maximum Gasteiger partial charge on any atom is 0.309 e. The largest absolute Gasteiger partial charge is 0.344 e. The maximum atomic E-state index is 9.57. The summed E-state index contributed by atoms with van der Waals surface area (Å²) in [4.78, 5) is 9.57. The molecule has 8 heavy (non-hydrogen) atoms. The number of hydrogen-bond donors (Lipinski definition) is 1. The first-order chi connectivity index (χ1) is 3.88. The molecule has 3 heteroatoms. The molecule has 1 amide bonds. The highest BCUT2D eigenvalue weighted by molar-refractivity contribution is 5.49. The highest BCUT2D eigenvalue weighted by atomic mass is 16.1. The maximum absolute atomic E-state index is 9.57. The molecule has 0 aromatic rings. The Bertz CT molecular complexity index is 138. The molecule has 2 atom stereocenters. The molecule has 1 N–H and O–H groups in total. The van der Waals surface area contributed by atoms with Crippen molar-refractivity contribution in [2.75, 3.05) is 0 Å². The van der Waals surface area contributed by atoms with Crippen molar-refractivity contribution in [2.45, 2.75) is 12.5 Å². The predicted molar refractivity (Wildman–Crippen MR) is 26.3 cm³/mol. The third-order valence-corrected chi connectivity index (χ3v) is 1.20. The standard InChI is InChI=1S/C5H5N2O/c6-2-4-1-5(4)7-3-8/h4-5H,1H2,(H,7,8). The van der Waals surface area contributed by atoms with Crippen LogP contribution in [0.4, 0.5) is 0 Å². The van der Waals surface area contributed by atoms with Crippen LogP contribution in [0.25, 0.3) is 0 Å². The minimum absolute atomic E-state index is 0.0523. The van der Waals surface area contributed by atoms with Gasteiger partial charge in [-0.05, 0) is 6.42 Å². The first-order valence-electron chi connectivity index (χ1n) is 2.40. The summed E-state index contributed by atoms with van der Waals surface area (Å²) in [6, 6.07) is 2.13. The second-order valence-electron chi connectivity index (χ2n) is 1.82. The summed E-state index contributed by atoms with van der Waals surface area (Å²) in [5, 5.41) is 10.6. The van der Waals surface area contributed by atoms with Gasteiger partial charge >= 0.3 is 6.41 Å². The van der Waals surface area contributed by atoms with Crippen LogP contribution in [0.15, 0.2) is 0 Å². The van der Waals surface area contributed by atoms with Crippen LogP contribution in [0, 0.1) is 17.2 Å². The summed E-state index contributed by atoms with van der Waals surface area (Å²) in [6.45, 7) is 0. The molecule has 1 fully saturated rings. The normalized spacial score (nSPS) is 32.9. The molecule has 1 aliphatic carbocycles. The molecule has 0 spiro atoms. The molecule has 1 rings (SSSR count). The monoisotopic (exact) mass is 109 g/mol. The van der Waals surface area contributed by atoms with Crippen LogP contribution < -0.4 is 5.32 Å². The van der Waals surface area contributed by atoms with Crippen molar-refractivity contribution in [1.29, 1.82) is 5.26 Å². The molecule has 1 radical (unpaired) electrons. The van der Waals surface area contributed by atoms with Crippen molar-refractivity contribution in [2.24, 2.45) is 5.92 Å². The molecule has 0 aliphatic heterocycles. The van der Waals surface area contributed by atoms with E-state index in [1.807, 2.05) is 6.07 Å². The lowest BCUT2D eigenvalue weighted by atomic mass is 10.5. The van der Waals surface area contributed by atoms with Crippen molar-refractivity contribution in [3.8, 4) is 6.07 Å². The Hall–Kier alpha value is -1.04. The molecular formula is C5H5N2O. The van der Waals surface area contributed by atoms with Gasteiger partial charge in [-0.3, -0.25) is 4.79 Å². The zero-order chi connectivity index (χ0) is 5.98. The van der Waals surface area contributed by atoms with Crippen molar-refractivity contribution in [1.82, 2.24) is 5.32 Å². The Kier molecular flexibility index (Phi) is 1.17. The summed E-state index contributed by atoms with van der Waals surface area (Å²) in [6.07, 6.45) is 2.34. The number of rotatable bonds is 2. The third-order valence-electron chi connectivity index (χ3n) is 1.20. The van der Waals surface area contributed by atoms with E-state index in [1.54, 1.807) is 6.41 Å². The summed E-state index contributed by atoms with van der Waals surface area (Å²) >= 11 is 0. The first-order valence-corrected chi connectivity index (χ1v) is 2.40. The highest BCUT2D eigenvalue weighted by Gasteiger charge is 2.36. The number of nitrogens with one attached hydrogen (secondary N) is 1. The van der Waals surface area contributed by atoms with Gasteiger partial charge in [-0.15, -0.1) is 0 Å². The molecule has 1 aliphatic rings. The average molecular weight is 109 g/mol. The van der Waals surface area contributed by atoms with Crippen molar-refractivity contribution < 1.29 is 4.79 Å². The molecule has 0 bridgehead atoms. The Morgan fingerprint density at radius 1 is 1.75 bits per heavy atom. The van der Waals surface area contributed by atoms with Gasteiger partial charge in [-0.2, -0.15) is 5.26 Å². The van der Waals surface area contributed by atoms with E-state index in [9.17, 15) is 4.79 Å². The number of carbonyl (C=O) groups excluding carboxylic acids is 1. The van der Waals surface area contributed by atoms with Crippen LogP contribution in [0.2, 0.25) is 0 Å². The summed E-state index contributed by atoms with van der Waals surface area (Å²) in [5.74, 6) is 0.0523. The highest BCUT2D eigenvalue weighted by Crippen LogP contribution is 2.28. The number of hydrogen-bond acceptors (Lipinski definition) is 2. The summed E-state index contributed by atoms with van der Waals surface area (Å²) in [7, 11) is 0. The molecule has 0 saturated heterocycles. The fourth-order valence-electron chi connectivity index (χ4n) is 0.573. The molecule has 2 unspecified atom stereocenters. The van der Waals surface area contributed by atoms with Gasteiger partial charge in [0.15, 0.2) is 0 Å². The van der Waals surface area contributed by atoms with Gasteiger partial charge in [0.05, 0.1) is 12.0 Å². The smallest absolute Gasteiger partial charge is 0.309 e. The lowest BCUT2D eigenvalue weighted by Crippen LogP contribution is -2.14. The van der Waals surface area contributed by atoms with Crippen LogP contribution in [-0.2, 0) is 4.79 Å². The van der Waals surface area contributed by atoms with Crippen LogP contribution >= 0.6 is 0 Å². The molecule has 0 heterocycles. The molecule has 0 aromatic heterocycles. The number of amides is 1. The molecule has 41 valence electrons. The Morgan fingerprint density at radius 3 is 2.88 bits per heavy atom. The minimum atomic E-state index is 0.0523. The SMILES string of the molecule is N#CC1CC1N[C]=O. The Morgan fingerprint density at radius 2 is 2.50 bits per heavy atom. The molecule has 3 nitrogen and oxygen atoms in total. The van der Waals surface area contributed by atoms with Crippen LogP contribution in [0.5, 0.6) is 0 Å². The van der Waals surface area contributed by atoms with E-state index in [0.717, 1.165) is 6.42 Å². The van der Waals surface area contributed by atoms with E-state index in [4.69, 9.17) is 5.26 Å². The van der Waals surface area contributed by atoms with E-state index in [-0.39, 0.29) is 12.0 Å². The summed E-state index contributed by atoms with van der Waals surface area (Å²) in [5.41, 5.74) is 0. The van der Waals surface area contributed by atoms with Crippen molar-refractivity contribution in [3.63, 3.8) is 0 Å². The first kappa shape index (κ1) is 5.10. The van der Waals surface area contributed by atoms with E-state index >= 15 is 0 Å². The lowest BCUT2D eigenvalue weighted by molar-refractivity contribution is 0.540. The van der Waals surface area contributed by atoms with Crippen LogP contribution in [-0.4, -0.2) is 12.5 Å². The molecule has 0 aromatic carbocycles. The second-order valence-corrected chi connectivity index (χ2v) is 1.82. The zero-order valence-corrected chi connectivity index (χ0v) is 4.22. The van der Waals surface area contributed by atoms with Crippen molar-refractivity contribution >= 4 is 6.41 Å². The van der Waals surface area contributed by atoms with E-state index in [1.165, 1.54) is 0 Å². The van der Waals surface area contributed by atoms with Gasteiger partial charge in [0.25, 0.3) is 0 Å². The second kappa shape index (κ2) is 1.83. The molecule has 1 saturated carbocycles. The minimum Gasteiger partial charge on any atom is -0.344 e.